The van der Waals surface area contributed by atoms with Crippen LogP contribution in [0.2, 0.25) is 0 Å². The first kappa shape index (κ1) is 22.7. The highest BCUT2D eigenvalue weighted by Gasteiger charge is 2.42. The average Bonchev–Trinajstić information content (AvgIpc) is 3.43. The molecule has 2 N–H and O–H groups in total. The Kier molecular flexibility index (Phi) is 5.47. The van der Waals surface area contributed by atoms with Crippen molar-refractivity contribution in [2.75, 3.05) is 20.3 Å². The zero-order valence-electron chi connectivity index (χ0n) is 21.1. The lowest BCUT2D eigenvalue weighted by molar-refractivity contribution is -0.290. The lowest BCUT2D eigenvalue weighted by Gasteiger charge is -2.48. The van der Waals surface area contributed by atoms with Crippen LogP contribution in [-0.2, 0) is 16.0 Å². The molecule has 0 bridgehead atoms. The maximum Gasteiger partial charge on any atom is 0.178 e. The molecule has 2 fully saturated rings. The Morgan fingerprint density at radius 3 is 2.60 bits per heavy atom. The quantitative estimate of drug-likeness (QED) is 0.406. The summed E-state index contributed by atoms with van der Waals surface area (Å²) in [7, 11) is 2.26. The van der Waals surface area contributed by atoms with Gasteiger partial charge in [-0.15, -0.1) is 0 Å². The fourth-order valence-electron chi connectivity index (χ4n) is 5.78. The number of aryl methyl sites for hydroxylation is 1. The van der Waals surface area contributed by atoms with Gasteiger partial charge in [-0.3, -0.25) is 4.90 Å². The third kappa shape index (κ3) is 4.37. The highest BCUT2D eigenvalue weighted by molar-refractivity contribution is 5.94. The third-order valence-corrected chi connectivity index (χ3v) is 8.01. The van der Waals surface area contributed by atoms with Crippen molar-refractivity contribution >= 4 is 22.1 Å². The average molecular weight is 474 g/mol. The number of pyridine rings is 1. The highest BCUT2D eigenvalue weighted by atomic mass is 16.7. The van der Waals surface area contributed by atoms with Gasteiger partial charge in [0.15, 0.2) is 11.4 Å². The summed E-state index contributed by atoms with van der Waals surface area (Å²) < 4.78 is 12.0. The summed E-state index contributed by atoms with van der Waals surface area (Å²) >= 11 is 0. The zero-order chi connectivity index (χ0) is 24.2. The molecule has 1 saturated heterocycles. The van der Waals surface area contributed by atoms with Gasteiger partial charge >= 0.3 is 0 Å². The number of ether oxygens (including phenoxy) is 2. The van der Waals surface area contributed by atoms with Crippen molar-refractivity contribution in [2.24, 2.45) is 5.41 Å². The number of hydrogen-bond acceptors (Lipinski definition) is 5. The number of H-pyrrole nitrogens is 2. The molecule has 184 valence electrons. The van der Waals surface area contributed by atoms with E-state index in [1.807, 2.05) is 33.0 Å². The van der Waals surface area contributed by atoms with Crippen LogP contribution in [-0.4, -0.2) is 56.9 Å². The van der Waals surface area contributed by atoms with Gasteiger partial charge < -0.3 is 19.4 Å². The first-order valence-corrected chi connectivity index (χ1v) is 12.7. The Morgan fingerprint density at radius 1 is 1.06 bits per heavy atom. The van der Waals surface area contributed by atoms with Crippen LogP contribution in [0.5, 0.6) is 0 Å². The van der Waals surface area contributed by atoms with Crippen LogP contribution in [0.3, 0.4) is 0 Å². The standard InChI is InChI=1S/C28H35N5O2/c1-18-30-25-22(9-12-29-26(25)31-18)24-14-20-13-19(5-6-23(20)32-24)15-33(4)21-7-10-28(11-8-21)16-34-27(2,3)35-17-28/h5-6,9,12-14,21,32H,7-8,10-11,15-17H2,1-4H3,(H,29,30,31). The summed E-state index contributed by atoms with van der Waals surface area (Å²) in [5, 5.41) is 1.23. The molecule has 7 nitrogen and oxygen atoms in total. The van der Waals surface area contributed by atoms with Gasteiger partial charge in [0, 0.05) is 46.4 Å². The fourth-order valence-corrected chi connectivity index (χ4v) is 5.78. The van der Waals surface area contributed by atoms with Gasteiger partial charge in [0.25, 0.3) is 0 Å². The monoisotopic (exact) mass is 473 g/mol. The molecular formula is C28H35N5O2. The number of fused-ring (bicyclic) bond motifs is 2. The van der Waals surface area contributed by atoms with E-state index in [4.69, 9.17) is 9.47 Å². The first-order valence-electron chi connectivity index (χ1n) is 12.7. The molecular weight excluding hydrogens is 438 g/mol. The molecule has 1 saturated carbocycles. The maximum absolute atomic E-state index is 6.00. The van der Waals surface area contributed by atoms with Crippen molar-refractivity contribution in [3.8, 4) is 11.3 Å². The number of imidazole rings is 1. The Hall–Kier alpha value is -2.74. The molecule has 4 heterocycles. The van der Waals surface area contributed by atoms with Crippen molar-refractivity contribution in [1.82, 2.24) is 24.8 Å². The van der Waals surface area contributed by atoms with E-state index in [9.17, 15) is 0 Å². The lowest BCUT2D eigenvalue weighted by atomic mass is 9.72. The minimum atomic E-state index is -0.434. The van der Waals surface area contributed by atoms with Gasteiger partial charge in [0.05, 0.1) is 18.7 Å². The second kappa shape index (κ2) is 8.43. The first-order chi connectivity index (χ1) is 16.8. The lowest BCUT2D eigenvalue weighted by Crippen LogP contribution is -2.50. The molecule has 1 aromatic carbocycles. The predicted molar refractivity (Wildman–Crippen MR) is 138 cm³/mol. The van der Waals surface area contributed by atoms with Gasteiger partial charge in [-0.25, -0.2) is 9.97 Å². The number of benzene rings is 1. The molecule has 1 aliphatic heterocycles. The van der Waals surface area contributed by atoms with E-state index in [0.717, 1.165) is 53.5 Å². The maximum atomic E-state index is 6.00. The molecule has 1 spiro atoms. The summed E-state index contributed by atoms with van der Waals surface area (Å²) in [6.45, 7) is 8.59. The van der Waals surface area contributed by atoms with Crippen molar-refractivity contribution in [2.45, 2.75) is 64.8 Å². The number of hydrogen-bond donors (Lipinski definition) is 2. The van der Waals surface area contributed by atoms with Crippen molar-refractivity contribution in [3.05, 3.63) is 47.9 Å². The summed E-state index contributed by atoms with van der Waals surface area (Å²) in [5.74, 6) is 0.443. The van der Waals surface area contributed by atoms with E-state index in [1.54, 1.807) is 0 Å². The largest absolute Gasteiger partial charge is 0.354 e. The molecule has 3 aromatic heterocycles. The van der Waals surface area contributed by atoms with Crippen LogP contribution in [0, 0.1) is 12.3 Å². The SMILES string of the molecule is Cc1nc2nccc(-c3cc4cc(CN(C)C5CCC6(CC5)COC(C)(C)OC6)ccc4[nH]3)c2[nH]1. The molecule has 0 atom stereocenters. The van der Waals surface area contributed by atoms with Crippen LogP contribution in [0.25, 0.3) is 33.3 Å². The molecule has 4 aromatic rings. The summed E-state index contributed by atoms with van der Waals surface area (Å²) in [5.41, 5.74) is 6.61. The number of aromatic nitrogens is 4. The Morgan fingerprint density at radius 2 is 1.83 bits per heavy atom. The van der Waals surface area contributed by atoms with Gasteiger partial charge in [0.1, 0.15) is 5.82 Å². The van der Waals surface area contributed by atoms with Gasteiger partial charge in [-0.05, 0) is 83.3 Å². The van der Waals surface area contributed by atoms with Gasteiger partial charge in [-0.1, -0.05) is 6.07 Å². The Labute approximate surface area is 206 Å². The second-order valence-electron chi connectivity index (χ2n) is 11.1. The summed E-state index contributed by atoms with van der Waals surface area (Å²) in [4.78, 5) is 18.3. The van der Waals surface area contributed by atoms with E-state index in [0.29, 0.717) is 6.04 Å². The van der Waals surface area contributed by atoms with Crippen LogP contribution in [0.4, 0.5) is 0 Å². The summed E-state index contributed by atoms with van der Waals surface area (Å²) in [6, 6.07) is 11.6. The topological polar surface area (TPSA) is 79.1 Å². The van der Waals surface area contributed by atoms with E-state index in [1.165, 1.54) is 36.6 Å². The number of aromatic amines is 2. The van der Waals surface area contributed by atoms with E-state index in [-0.39, 0.29) is 5.41 Å². The van der Waals surface area contributed by atoms with Crippen molar-refractivity contribution < 1.29 is 9.47 Å². The number of rotatable bonds is 4. The van der Waals surface area contributed by atoms with Crippen molar-refractivity contribution in [1.29, 1.82) is 0 Å². The molecule has 0 radical (unpaired) electrons. The Bertz CT molecular complexity index is 1350. The zero-order valence-corrected chi connectivity index (χ0v) is 21.1. The van der Waals surface area contributed by atoms with E-state index in [2.05, 4.69) is 56.1 Å². The minimum absolute atomic E-state index is 0.207. The highest BCUT2D eigenvalue weighted by Crippen LogP contribution is 2.42. The van der Waals surface area contributed by atoms with Crippen LogP contribution < -0.4 is 0 Å². The molecule has 0 amide bonds. The summed E-state index contributed by atoms with van der Waals surface area (Å²) in [6.07, 6.45) is 6.56. The third-order valence-electron chi connectivity index (χ3n) is 8.01. The van der Waals surface area contributed by atoms with Gasteiger partial charge in [0.2, 0.25) is 0 Å². The Balaban J connectivity index is 1.15. The molecule has 35 heavy (non-hydrogen) atoms. The van der Waals surface area contributed by atoms with Crippen LogP contribution >= 0.6 is 0 Å². The van der Waals surface area contributed by atoms with E-state index < -0.39 is 5.79 Å². The second-order valence-corrected chi connectivity index (χ2v) is 11.1. The predicted octanol–water partition coefficient (Wildman–Crippen LogP) is 5.56. The fraction of sp³-hybridized carbons (Fsp3) is 0.500. The van der Waals surface area contributed by atoms with Crippen LogP contribution in [0.15, 0.2) is 36.5 Å². The smallest absolute Gasteiger partial charge is 0.178 e. The number of nitrogens with one attached hydrogen (secondary N) is 2. The van der Waals surface area contributed by atoms with Crippen LogP contribution in [0.1, 0.15) is 50.9 Å². The number of nitrogens with zero attached hydrogens (tertiary/aromatic N) is 3. The molecule has 1 aliphatic carbocycles. The molecule has 6 rings (SSSR count). The minimum Gasteiger partial charge on any atom is -0.354 e. The van der Waals surface area contributed by atoms with Crippen molar-refractivity contribution in [3.63, 3.8) is 0 Å². The normalized spacial score (nSPS) is 20.4. The molecule has 2 aliphatic rings. The van der Waals surface area contributed by atoms with E-state index >= 15 is 0 Å². The molecule has 7 heteroatoms. The molecule has 0 unspecified atom stereocenters. The van der Waals surface area contributed by atoms with Gasteiger partial charge in [-0.2, -0.15) is 0 Å².